The number of hydrogen-bond acceptors (Lipinski definition) is 5. The highest BCUT2D eigenvalue weighted by Crippen LogP contribution is 2.21. The van der Waals surface area contributed by atoms with Gasteiger partial charge in [0.1, 0.15) is 18.4 Å². The Kier molecular flexibility index (Phi) is 9.94. The number of nitrogens with zero attached hydrogens (tertiary/aromatic N) is 2. The van der Waals surface area contributed by atoms with Crippen LogP contribution in [0.15, 0.2) is 48.5 Å². The van der Waals surface area contributed by atoms with E-state index in [1.54, 1.807) is 13.0 Å². The smallest absolute Gasteiger partial charge is 0.244 e. The van der Waals surface area contributed by atoms with Crippen molar-refractivity contribution in [1.82, 2.24) is 10.2 Å². The number of Topliss-reactive ketones (excluding diaryl/α,β-unsaturated/α-hetero) is 1. The van der Waals surface area contributed by atoms with Gasteiger partial charge in [-0.15, -0.1) is 0 Å². The summed E-state index contributed by atoms with van der Waals surface area (Å²) in [6, 6.07) is 10.7. The van der Waals surface area contributed by atoms with Crippen LogP contribution in [0.5, 0.6) is 0 Å². The Morgan fingerprint density at radius 1 is 1.06 bits per heavy atom. The summed E-state index contributed by atoms with van der Waals surface area (Å²) in [5.74, 6) is -1.64. The van der Waals surface area contributed by atoms with E-state index in [2.05, 4.69) is 5.32 Å². The molecule has 0 aliphatic heterocycles. The molecule has 0 saturated heterocycles. The summed E-state index contributed by atoms with van der Waals surface area (Å²) in [5.41, 5.74) is 1.06. The molecule has 8 nitrogen and oxygen atoms in total. The highest BCUT2D eigenvalue weighted by molar-refractivity contribution is 7.92. The summed E-state index contributed by atoms with van der Waals surface area (Å²) in [5, 5.41) is 2.79. The number of halogens is 1. The van der Waals surface area contributed by atoms with Gasteiger partial charge in [0.15, 0.2) is 5.78 Å². The molecule has 1 atom stereocenters. The van der Waals surface area contributed by atoms with E-state index >= 15 is 0 Å². The Morgan fingerprint density at radius 3 is 2.26 bits per heavy atom. The van der Waals surface area contributed by atoms with Crippen molar-refractivity contribution in [2.24, 2.45) is 0 Å². The van der Waals surface area contributed by atoms with Crippen LogP contribution in [-0.4, -0.2) is 56.3 Å². The molecule has 2 amide bonds. The molecule has 0 aromatic heterocycles. The highest BCUT2D eigenvalue weighted by Gasteiger charge is 2.31. The average Bonchev–Trinajstić information content (AvgIpc) is 2.81. The predicted molar refractivity (Wildman–Crippen MR) is 133 cm³/mol. The van der Waals surface area contributed by atoms with E-state index in [1.807, 2.05) is 6.92 Å². The first-order valence-electron chi connectivity index (χ1n) is 11.4. The maximum Gasteiger partial charge on any atom is 0.244 e. The third kappa shape index (κ3) is 7.88. The fraction of sp³-hybridized carbons (Fsp3) is 0.400. The summed E-state index contributed by atoms with van der Waals surface area (Å²) in [7, 11) is -3.91. The summed E-state index contributed by atoms with van der Waals surface area (Å²) in [6.45, 7) is 4.87. The van der Waals surface area contributed by atoms with E-state index in [-0.39, 0.29) is 23.9 Å². The van der Waals surface area contributed by atoms with E-state index in [0.29, 0.717) is 30.5 Å². The first kappa shape index (κ1) is 28.0. The van der Waals surface area contributed by atoms with Crippen molar-refractivity contribution >= 4 is 33.3 Å². The standard InChI is InChI=1S/C25H32FN3O5S/c1-5-14-27-25(32)23(6-2)28(16-19-10-12-21(26)13-11-19)24(31)17-29(35(4,33)34)22-9-7-8-20(15-22)18(3)30/h7-13,15,23H,5-6,14,16-17H2,1-4H3,(H,27,32)/t23-/m0/s1. The van der Waals surface area contributed by atoms with Gasteiger partial charge >= 0.3 is 0 Å². The van der Waals surface area contributed by atoms with Crippen molar-refractivity contribution in [1.29, 1.82) is 0 Å². The number of benzene rings is 2. The van der Waals surface area contributed by atoms with Gasteiger partial charge in [-0.05, 0) is 49.6 Å². The third-order valence-electron chi connectivity index (χ3n) is 5.42. The molecule has 35 heavy (non-hydrogen) atoms. The zero-order valence-electron chi connectivity index (χ0n) is 20.5. The summed E-state index contributed by atoms with van der Waals surface area (Å²) in [4.78, 5) is 39.5. The lowest BCUT2D eigenvalue weighted by molar-refractivity contribution is -0.140. The summed E-state index contributed by atoms with van der Waals surface area (Å²) < 4.78 is 39.6. The molecule has 190 valence electrons. The topological polar surface area (TPSA) is 104 Å². The van der Waals surface area contributed by atoms with Crippen LogP contribution in [-0.2, 0) is 26.2 Å². The SMILES string of the molecule is CCCNC(=O)[C@H](CC)N(Cc1ccc(F)cc1)C(=O)CN(c1cccc(C(C)=O)c1)S(C)(=O)=O. The highest BCUT2D eigenvalue weighted by atomic mass is 32.2. The van der Waals surface area contributed by atoms with E-state index in [1.165, 1.54) is 54.3 Å². The van der Waals surface area contributed by atoms with Gasteiger partial charge in [-0.25, -0.2) is 12.8 Å². The number of hydrogen-bond donors (Lipinski definition) is 1. The van der Waals surface area contributed by atoms with Gasteiger partial charge in [-0.2, -0.15) is 0 Å². The molecule has 0 saturated carbocycles. The Labute approximate surface area is 206 Å². The zero-order valence-corrected chi connectivity index (χ0v) is 21.3. The number of carbonyl (C=O) groups is 3. The van der Waals surface area contributed by atoms with Crippen LogP contribution >= 0.6 is 0 Å². The monoisotopic (exact) mass is 505 g/mol. The second-order valence-corrected chi connectivity index (χ2v) is 10.1. The van der Waals surface area contributed by atoms with Gasteiger partial charge in [-0.3, -0.25) is 18.7 Å². The molecule has 0 spiro atoms. The minimum Gasteiger partial charge on any atom is -0.354 e. The molecule has 0 heterocycles. The maximum atomic E-state index is 13.5. The molecule has 10 heteroatoms. The third-order valence-corrected chi connectivity index (χ3v) is 6.56. The summed E-state index contributed by atoms with van der Waals surface area (Å²) >= 11 is 0. The molecule has 0 aliphatic rings. The Morgan fingerprint density at radius 2 is 1.71 bits per heavy atom. The van der Waals surface area contributed by atoms with E-state index in [0.717, 1.165) is 10.6 Å². The average molecular weight is 506 g/mol. The number of rotatable bonds is 12. The molecule has 2 aromatic carbocycles. The van der Waals surface area contributed by atoms with Gasteiger partial charge in [0.25, 0.3) is 0 Å². The maximum absolute atomic E-state index is 13.5. The molecule has 2 aromatic rings. The molecule has 0 fully saturated rings. The van der Waals surface area contributed by atoms with Crippen molar-refractivity contribution in [3.05, 3.63) is 65.5 Å². The molecule has 0 unspecified atom stereocenters. The van der Waals surface area contributed by atoms with Crippen molar-refractivity contribution in [3.8, 4) is 0 Å². The van der Waals surface area contributed by atoms with Crippen molar-refractivity contribution in [2.45, 2.75) is 46.2 Å². The van der Waals surface area contributed by atoms with Crippen molar-refractivity contribution < 1.29 is 27.2 Å². The number of sulfonamides is 1. The molecular formula is C25H32FN3O5S. The van der Waals surface area contributed by atoms with E-state index in [9.17, 15) is 27.2 Å². The van der Waals surface area contributed by atoms with E-state index in [4.69, 9.17) is 0 Å². The van der Waals surface area contributed by atoms with Crippen LogP contribution < -0.4 is 9.62 Å². The predicted octanol–water partition coefficient (Wildman–Crippen LogP) is 3.13. The lowest BCUT2D eigenvalue weighted by Crippen LogP contribution is -2.52. The van der Waals surface area contributed by atoms with Gasteiger partial charge < -0.3 is 10.2 Å². The number of nitrogens with one attached hydrogen (secondary N) is 1. The molecular weight excluding hydrogens is 473 g/mol. The fourth-order valence-electron chi connectivity index (χ4n) is 3.57. The first-order valence-corrected chi connectivity index (χ1v) is 13.2. The number of amides is 2. The minimum atomic E-state index is -3.91. The van der Waals surface area contributed by atoms with Crippen LogP contribution in [0.3, 0.4) is 0 Å². The van der Waals surface area contributed by atoms with Crippen LogP contribution in [0.1, 0.15) is 49.5 Å². The number of carbonyl (C=O) groups excluding carboxylic acids is 3. The van der Waals surface area contributed by atoms with Gasteiger partial charge in [0.05, 0.1) is 11.9 Å². The second-order valence-electron chi connectivity index (χ2n) is 8.24. The zero-order chi connectivity index (χ0) is 26.2. The van der Waals surface area contributed by atoms with Gasteiger partial charge in [0.2, 0.25) is 21.8 Å². The number of ketones is 1. The molecule has 0 aliphatic carbocycles. The van der Waals surface area contributed by atoms with Gasteiger partial charge in [0, 0.05) is 18.7 Å². The lowest BCUT2D eigenvalue weighted by Gasteiger charge is -2.33. The first-order chi connectivity index (χ1) is 16.5. The molecule has 0 bridgehead atoms. The molecule has 2 rings (SSSR count). The minimum absolute atomic E-state index is 0.0117. The summed E-state index contributed by atoms with van der Waals surface area (Å²) in [6.07, 6.45) is 1.97. The van der Waals surface area contributed by atoms with Crippen LogP contribution in [0.4, 0.5) is 10.1 Å². The fourth-order valence-corrected chi connectivity index (χ4v) is 4.41. The van der Waals surface area contributed by atoms with Crippen molar-refractivity contribution in [3.63, 3.8) is 0 Å². The normalized spacial score (nSPS) is 12.0. The second kappa shape index (κ2) is 12.4. The molecule has 1 N–H and O–H groups in total. The van der Waals surface area contributed by atoms with E-state index < -0.39 is 34.3 Å². The Hall–Kier alpha value is -3.27. The van der Waals surface area contributed by atoms with Crippen molar-refractivity contribution in [2.75, 3.05) is 23.7 Å². The Bertz CT molecular complexity index is 1150. The van der Waals surface area contributed by atoms with Crippen LogP contribution in [0.25, 0.3) is 0 Å². The lowest BCUT2D eigenvalue weighted by atomic mass is 10.1. The Balaban J connectivity index is 2.45. The van der Waals surface area contributed by atoms with Crippen LogP contribution in [0, 0.1) is 5.82 Å². The van der Waals surface area contributed by atoms with Gasteiger partial charge in [-0.1, -0.05) is 38.1 Å². The quantitative estimate of drug-likeness (QED) is 0.447. The van der Waals surface area contributed by atoms with Crippen LogP contribution in [0.2, 0.25) is 0 Å². The molecule has 0 radical (unpaired) electrons. The largest absolute Gasteiger partial charge is 0.354 e. The number of anilines is 1.